The Morgan fingerprint density at radius 1 is 0.491 bits per heavy atom. The Balaban J connectivity index is 0.000000167. The molecule has 0 spiro atoms. The van der Waals surface area contributed by atoms with Crippen molar-refractivity contribution in [3.63, 3.8) is 0 Å². The summed E-state index contributed by atoms with van der Waals surface area (Å²) in [6.07, 6.45) is 25.3. The standard InChI is InChI=1S/2C45H56ClN3O9/c2*46-41-38(56-17-14-48-12-15-55-16-13-48)11-10-34-39(23-35(27-8-9-27)47-42(34)41)57-33-22-36-37(50)25-45(44(53)54)24-31(45)7-5-3-1-2-4-6-28(43(52)49(36)26-33)21-40(51)58-32-19-29-18-30(29)20-32/h2*5,7,10-11,23,27-33,36H,1-4,6,8-9,12-22,24-26H2,(H,53,54)/b2*7-5-/t2*28-,29-,30+,31-,32?,33-,36+,45-/m11/s1. The third-order valence-corrected chi connectivity index (χ3v) is 28.6. The van der Waals surface area contributed by atoms with Crippen LogP contribution in [-0.4, -0.2) is 216 Å². The minimum absolute atomic E-state index is 0.0380. The number of esters is 2. The first-order valence-corrected chi connectivity index (χ1v) is 44.4. The lowest BCUT2D eigenvalue weighted by Crippen LogP contribution is -2.45. The SMILES string of the molecule is O=C(C[C@H]1CCCCC/C=C\[C@@H]2C[C@@]2(C(=O)O)CC(=O)[C@@H]2C[C@@H](Oc3cc(C4CC4)nc4c(Cl)c(OCCN5CCOCC5)ccc34)CN2C1=O)OC1C[C@@H]2C[C@@H]2C1.O=C(C[C@H]1CCCCC/C=C\[C@@H]2C[C@@]2(C(=O)O)CC(=O)[C@@H]2C[C@@H](Oc3cc(C4CC4)nc4c(Cl)c(OCCN5CCOCC5)ccc34)CN2C1=O)OC1C[C@@H]2C[C@@H]2C1. The van der Waals surface area contributed by atoms with Crippen LogP contribution >= 0.6 is 23.2 Å². The zero-order valence-corrected chi connectivity index (χ0v) is 68.1. The molecule has 18 rings (SSSR count). The average molecular weight is 1640 g/mol. The minimum atomic E-state index is -1.17. The Bertz CT molecular complexity index is 4150. The number of ketones is 2. The second-order valence-corrected chi connectivity index (χ2v) is 37.0. The van der Waals surface area contributed by atoms with Crippen molar-refractivity contribution >= 4 is 92.3 Å². The maximum Gasteiger partial charge on any atom is 0.310 e. The molecule has 24 nitrogen and oxygen atoms in total. The second-order valence-electron chi connectivity index (χ2n) is 36.2. The largest absolute Gasteiger partial charge is 0.491 e. The number of carboxylic acids is 2. The Labute approximate surface area is 688 Å². The summed E-state index contributed by atoms with van der Waals surface area (Å²) in [5, 5.41) is 23.0. The molecule has 14 aliphatic rings. The number of aliphatic carboxylic acids is 2. The Morgan fingerprint density at radius 3 is 1.28 bits per heavy atom. The lowest BCUT2D eigenvalue weighted by molar-refractivity contribution is -0.154. The van der Waals surface area contributed by atoms with Crippen LogP contribution in [0.1, 0.15) is 203 Å². The van der Waals surface area contributed by atoms with E-state index in [2.05, 4.69) is 9.80 Å². The summed E-state index contributed by atoms with van der Waals surface area (Å²) in [7, 11) is 0. The first kappa shape index (κ1) is 80.9. The maximum atomic E-state index is 14.7. The lowest BCUT2D eigenvalue weighted by Gasteiger charge is -2.28. The van der Waals surface area contributed by atoms with E-state index in [4.69, 9.17) is 71.1 Å². The number of benzene rings is 2. The zero-order chi connectivity index (χ0) is 79.9. The molecule has 0 bridgehead atoms. The molecule has 16 atom stereocenters. The minimum Gasteiger partial charge on any atom is -0.491 e. The van der Waals surface area contributed by atoms with Crippen LogP contribution in [0.25, 0.3) is 21.8 Å². The first-order chi connectivity index (χ1) is 56.3. The van der Waals surface area contributed by atoms with Gasteiger partial charge in [0.2, 0.25) is 11.8 Å². The second kappa shape index (κ2) is 35.1. The van der Waals surface area contributed by atoms with Gasteiger partial charge in [0.25, 0.3) is 0 Å². The van der Waals surface area contributed by atoms with E-state index >= 15 is 0 Å². The molecule has 0 radical (unpaired) electrons. The van der Waals surface area contributed by atoms with Crippen molar-refractivity contribution in [2.45, 2.75) is 228 Å². The number of hydrogen-bond donors (Lipinski definition) is 2. The number of allylic oxidation sites excluding steroid dienone is 4. The molecule has 4 saturated heterocycles. The quantitative estimate of drug-likeness (QED) is 0.0546. The van der Waals surface area contributed by atoms with Gasteiger partial charge in [0.05, 0.1) is 86.3 Å². The van der Waals surface area contributed by atoms with E-state index in [-0.39, 0.29) is 111 Å². The number of ether oxygens (including phenoxy) is 8. The number of pyridine rings is 2. The van der Waals surface area contributed by atoms with E-state index in [9.17, 15) is 48.6 Å². The summed E-state index contributed by atoms with van der Waals surface area (Å²) < 4.78 is 48.7. The van der Waals surface area contributed by atoms with Gasteiger partial charge in [-0.25, -0.2) is 0 Å². The van der Waals surface area contributed by atoms with Gasteiger partial charge in [0.1, 0.15) is 70.7 Å². The summed E-state index contributed by atoms with van der Waals surface area (Å²) in [5.74, 6) is -0.0220. The van der Waals surface area contributed by atoms with Gasteiger partial charge in [-0.05, 0) is 175 Å². The van der Waals surface area contributed by atoms with E-state index in [0.717, 1.165) is 153 Å². The number of carbonyl (C=O) groups excluding carboxylic acids is 6. The van der Waals surface area contributed by atoms with Gasteiger partial charge in [-0.15, -0.1) is 0 Å². The number of Topliss-reactive ketones (excluding diaryl/α,β-unsaturated/α-hetero) is 2. The first-order valence-electron chi connectivity index (χ1n) is 43.6. The molecule has 26 heteroatoms. The van der Waals surface area contributed by atoms with Crippen LogP contribution in [0, 0.1) is 58.2 Å². The van der Waals surface area contributed by atoms with E-state index in [1.807, 2.05) is 60.7 Å². The van der Waals surface area contributed by atoms with Gasteiger partial charge < -0.3 is 57.9 Å². The molecule has 8 saturated carbocycles. The molecule has 8 aliphatic carbocycles. The number of hydrogen-bond acceptors (Lipinski definition) is 20. The number of rotatable bonds is 22. The molecule has 116 heavy (non-hydrogen) atoms. The number of morpholine rings is 2. The highest BCUT2D eigenvalue weighted by Gasteiger charge is 2.63. The van der Waals surface area contributed by atoms with E-state index in [1.165, 1.54) is 12.8 Å². The van der Waals surface area contributed by atoms with E-state index < -0.39 is 58.9 Å². The molecule has 12 fully saturated rings. The number of fused-ring (bicyclic) bond motifs is 8. The molecule has 8 heterocycles. The zero-order valence-electron chi connectivity index (χ0n) is 66.6. The fourth-order valence-corrected chi connectivity index (χ4v) is 20.7. The summed E-state index contributed by atoms with van der Waals surface area (Å²) in [4.78, 5) is 128. The monoisotopic (exact) mass is 1630 g/mol. The third-order valence-electron chi connectivity index (χ3n) is 27.9. The smallest absolute Gasteiger partial charge is 0.310 e. The van der Waals surface area contributed by atoms with E-state index in [1.54, 1.807) is 9.80 Å². The topological polar surface area (TPSA) is 290 Å². The van der Waals surface area contributed by atoms with Crippen molar-refractivity contribution in [1.29, 1.82) is 0 Å². The Kier molecular flexibility index (Phi) is 24.5. The highest BCUT2D eigenvalue weighted by Crippen LogP contribution is 2.59. The summed E-state index contributed by atoms with van der Waals surface area (Å²) in [6, 6.07) is 9.65. The van der Waals surface area contributed by atoms with Crippen molar-refractivity contribution in [2.75, 3.05) is 92.0 Å². The van der Waals surface area contributed by atoms with Gasteiger partial charge in [-0.2, -0.15) is 0 Å². The molecular weight excluding hydrogens is 1520 g/mol. The van der Waals surface area contributed by atoms with Crippen LogP contribution in [0.3, 0.4) is 0 Å². The molecule has 2 unspecified atom stereocenters. The molecule has 624 valence electrons. The summed E-state index contributed by atoms with van der Waals surface area (Å²) in [6.45, 7) is 9.05. The number of halogens is 2. The molecular formula is C90H112Cl2N6O18. The molecule has 2 aromatic heterocycles. The number of carbonyl (C=O) groups is 8. The number of carboxylic acid groups (broad SMARTS) is 2. The van der Waals surface area contributed by atoms with Gasteiger partial charge in [0.15, 0.2) is 11.6 Å². The predicted octanol–water partition coefficient (Wildman–Crippen LogP) is 13.5. The highest BCUT2D eigenvalue weighted by molar-refractivity contribution is 6.37. The van der Waals surface area contributed by atoms with E-state index in [0.29, 0.717) is 156 Å². The molecule has 2 amide bonds. The van der Waals surface area contributed by atoms with Gasteiger partial charge in [-0.1, -0.05) is 73.2 Å². The van der Waals surface area contributed by atoms with Gasteiger partial charge in [0, 0.05) is 123 Å². The van der Waals surface area contributed by atoms with Crippen molar-refractivity contribution in [3.05, 3.63) is 82.1 Å². The fourth-order valence-electron chi connectivity index (χ4n) is 20.2. The van der Waals surface area contributed by atoms with Crippen LogP contribution in [0.2, 0.25) is 10.0 Å². The maximum absolute atomic E-state index is 14.7. The number of nitrogens with zero attached hydrogens (tertiary/aromatic N) is 6. The molecule has 2 N–H and O–H groups in total. The molecule has 2 aromatic carbocycles. The average Bonchev–Trinajstić information content (AvgIpc) is 1.56. The summed E-state index contributed by atoms with van der Waals surface area (Å²) >= 11 is 14.1. The van der Waals surface area contributed by atoms with Crippen molar-refractivity contribution in [3.8, 4) is 23.0 Å². The van der Waals surface area contributed by atoms with Crippen LogP contribution in [0.5, 0.6) is 23.0 Å². The van der Waals surface area contributed by atoms with Crippen LogP contribution in [0.4, 0.5) is 0 Å². The van der Waals surface area contributed by atoms with Gasteiger partial charge in [-0.3, -0.25) is 58.1 Å². The third kappa shape index (κ3) is 18.6. The Hall–Kier alpha value is -7.48. The molecule has 6 aliphatic heterocycles. The lowest BCUT2D eigenvalue weighted by atomic mass is 9.91. The fraction of sp³-hybridized carbons (Fsp3) is 0.667. The van der Waals surface area contributed by atoms with Gasteiger partial charge >= 0.3 is 23.9 Å². The molecule has 4 aromatic rings. The van der Waals surface area contributed by atoms with Crippen molar-refractivity contribution in [2.24, 2.45) is 58.2 Å². The predicted molar refractivity (Wildman–Crippen MR) is 430 cm³/mol. The van der Waals surface area contributed by atoms with Crippen LogP contribution < -0.4 is 18.9 Å². The summed E-state index contributed by atoms with van der Waals surface area (Å²) in [5.41, 5.74) is 0.574. The van der Waals surface area contributed by atoms with Crippen LogP contribution in [-0.2, 0) is 57.3 Å². The Morgan fingerprint density at radius 2 is 0.897 bits per heavy atom. The van der Waals surface area contributed by atoms with Crippen molar-refractivity contribution < 1.29 is 86.5 Å². The van der Waals surface area contributed by atoms with Crippen molar-refractivity contribution in [1.82, 2.24) is 29.6 Å². The number of aromatic nitrogens is 2. The van der Waals surface area contributed by atoms with Crippen LogP contribution in [0.15, 0.2) is 60.7 Å². The number of amides is 2. The normalized spacial score (nSPS) is 33.3. The highest BCUT2D eigenvalue weighted by atomic mass is 35.5.